The van der Waals surface area contributed by atoms with Crippen LogP contribution in [0.15, 0.2) is 30.3 Å². The lowest BCUT2D eigenvalue weighted by Crippen LogP contribution is -1.95. The lowest BCUT2D eigenvalue weighted by Gasteiger charge is -2.15. The van der Waals surface area contributed by atoms with Crippen molar-refractivity contribution in [2.75, 3.05) is 0 Å². The summed E-state index contributed by atoms with van der Waals surface area (Å²) in [4.78, 5) is 0. The normalized spacial score (nSPS) is 10.6. The first-order chi connectivity index (χ1) is 8.00. The monoisotopic (exact) mass is 228 g/mol. The number of rotatable bonds is 1. The van der Waals surface area contributed by atoms with Crippen LogP contribution in [0.2, 0.25) is 0 Å². The molecule has 0 bridgehead atoms. The summed E-state index contributed by atoms with van der Waals surface area (Å²) in [5.41, 5.74) is 7.45. The second kappa shape index (κ2) is 4.33. The minimum absolute atomic E-state index is 0.187. The molecule has 0 radical (unpaired) electrons. The van der Waals surface area contributed by atoms with E-state index in [1.165, 1.54) is 39.9 Å². The van der Waals surface area contributed by atoms with Crippen LogP contribution in [0.25, 0.3) is 11.1 Å². The topological polar surface area (TPSA) is 0 Å². The summed E-state index contributed by atoms with van der Waals surface area (Å²) < 4.78 is 13.0. The number of aryl methyl sites for hydroxylation is 2. The van der Waals surface area contributed by atoms with Crippen molar-refractivity contribution in [2.45, 2.75) is 27.7 Å². The Bertz CT molecular complexity index is 524. The minimum atomic E-state index is -0.187. The van der Waals surface area contributed by atoms with E-state index < -0.39 is 0 Å². The number of benzene rings is 2. The molecule has 0 unspecified atom stereocenters. The van der Waals surface area contributed by atoms with Crippen LogP contribution in [-0.2, 0) is 0 Å². The molecule has 0 heterocycles. The molecule has 0 aromatic heterocycles. The van der Waals surface area contributed by atoms with E-state index in [0.717, 1.165) is 5.56 Å². The van der Waals surface area contributed by atoms with Gasteiger partial charge in [-0.3, -0.25) is 0 Å². The number of hydrogen-bond acceptors (Lipinski definition) is 0. The summed E-state index contributed by atoms with van der Waals surface area (Å²) in [7, 11) is 0. The summed E-state index contributed by atoms with van der Waals surface area (Å²) in [6.07, 6.45) is 0. The molecule has 0 saturated carbocycles. The molecule has 0 saturated heterocycles. The predicted molar refractivity (Wildman–Crippen MR) is 70.8 cm³/mol. The highest BCUT2D eigenvalue weighted by Crippen LogP contribution is 2.31. The van der Waals surface area contributed by atoms with Gasteiger partial charge in [0.1, 0.15) is 5.82 Å². The van der Waals surface area contributed by atoms with Crippen molar-refractivity contribution in [1.82, 2.24) is 0 Å². The van der Waals surface area contributed by atoms with Crippen LogP contribution in [0.4, 0.5) is 4.39 Å². The summed E-state index contributed by atoms with van der Waals surface area (Å²) in [5.74, 6) is -0.187. The Balaban J connectivity index is 2.70. The van der Waals surface area contributed by atoms with Gasteiger partial charge >= 0.3 is 0 Å². The zero-order chi connectivity index (χ0) is 12.6. The Hall–Kier alpha value is -1.63. The molecule has 0 nitrogen and oxygen atoms in total. The van der Waals surface area contributed by atoms with E-state index in [4.69, 9.17) is 0 Å². The lowest BCUT2D eigenvalue weighted by molar-refractivity contribution is 0.628. The Morgan fingerprint density at radius 1 is 0.765 bits per heavy atom. The van der Waals surface area contributed by atoms with Crippen LogP contribution in [-0.4, -0.2) is 0 Å². The van der Waals surface area contributed by atoms with Crippen LogP contribution in [0.5, 0.6) is 0 Å². The van der Waals surface area contributed by atoms with Crippen molar-refractivity contribution in [3.8, 4) is 11.1 Å². The van der Waals surface area contributed by atoms with Crippen molar-refractivity contribution in [2.24, 2.45) is 0 Å². The standard InChI is InChI=1S/C16H17F/c1-10-9-11(2)13(4)16(12(10)3)14-5-7-15(17)8-6-14/h5-9H,1-4H3. The van der Waals surface area contributed by atoms with Gasteiger partial charge in [0, 0.05) is 0 Å². The number of halogens is 1. The van der Waals surface area contributed by atoms with Gasteiger partial charge in [-0.15, -0.1) is 0 Å². The molecule has 0 fully saturated rings. The van der Waals surface area contributed by atoms with Gasteiger partial charge in [0.05, 0.1) is 0 Å². The largest absolute Gasteiger partial charge is 0.207 e. The molecule has 2 rings (SSSR count). The molecule has 1 heteroatoms. The second-order valence-corrected chi connectivity index (χ2v) is 4.64. The zero-order valence-electron chi connectivity index (χ0n) is 10.8. The quantitative estimate of drug-likeness (QED) is 0.662. The fourth-order valence-electron chi connectivity index (χ4n) is 2.27. The molecular weight excluding hydrogens is 211 g/mol. The third kappa shape index (κ3) is 2.10. The maximum atomic E-state index is 13.0. The van der Waals surface area contributed by atoms with Crippen LogP contribution < -0.4 is 0 Å². The van der Waals surface area contributed by atoms with Gasteiger partial charge in [-0.1, -0.05) is 18.2 Å². The molecule has 0 N–H and O–H groups in total. The highest BCUT2D eigenvalue weighted by atomic mass is 19.1. The van der Waals surface area contributed by atoms with Gasteiger partial charge in [0.15, 0.2) is 0 Å². The molecule has 2 aromatic carbocycles. The average molecular weight is 228 g/mol. The van der Waals surface area contributed by atoms with Crippen molar-refractivity contribution < 1.29 is 4.39 Å². The van der Waals surface area contributed by atoms with E-state index in [2.05, 4.69) is 33.8 Å². The lowest BCUT2D eigenvalue weighted by atomic mass is 9.90. The Morgan fingerprint density at radius 2 is 1.24 bits per heavy atom. The molecule has 0 atom stereocenters. The zero-order valence-corrected chi connectivity index (χ0v) is 10.8. The first kappa shape index (κ1) is 11.8. The fraction of sp³-hybridized carbons (Fsp3) is 0.250. The SMILES string of the molecule is Cc1cc(C)c(C)c(-c2ccc(F)cc2)c1C. The maximum Gasteiger partial charge on any atom is 0.123 e. The van der Waals surface area contributed by atoms with E-state index >= 15 is 0 Å². The minimum Gasteiger partial charge on any atom is -0.207 e. The maximum absolute atomic E-state index is 13.0. The smallest absolute Gasteiger partial charge is 0.123 e. The molecule has 88 valence electrons. The molecule has 0 aliphatic rings. The molecule has 0 amide bonds. The van der Waals surface area contributed by atoms with Gasteiger partial charge < -0.3 is 0 Å². The van der Waals surface area contributed by atoms with Crippen molar-refractivity contribution in [3.05, 3.63) is 58.4 Å². The molecule has 2 aromatic rings. The molecule has 0 spiro atoms. The first-order valence-electron chi connectivity index (χ1n) is 5.84. The molecular formula is C16H17F. The Kier molecular flexibility index (Phi) is 3.01. The predicted octanol–water partition coefficient (Wildman–Crippen LogP) is 4.73. The molecule has 0 aliphatic carbocycles. The van der Waals surface area contributed by atoms with E-state index in [0.29, 0.717) is 0 Å². The highest BCUT2D eigenvalue weighted by Gasteiger charge is 2.10. The van der Waals surface area contributed by atoms with Crippen LogP contribution in [0.3, 0.4) is 0 Å². The van der Waals surface area contributed by atoms with Gasteiger partial charge in [-0.25, -0.2) is 4.39 Å². The molecule has 0 aliphatic heterocycles. The molecule has 17 heavy (non-hydrogen) atoms. The van der Waals surface area contributed by atoms with Crippen molar-refractivity contribution in [3.63, 3.8) is 0 Å². The summed E-state index contributed by atoms with van der Waals surface area (Å²) in [6, 6.07) is 8.95. The van der Waals surface area contributed by atoms with Crippen LogP contribution in [0, 0.1) is 33.5 Å². The average Bonchev–Trinajstić information content (AvgIpc) is 2.29. The van der Waals surface area contributed by atoms with E-state index in [9.17, 15) is 4.39 Å². The summed E-state index contributed by atoms with van der Waals surface area (Å²) in [5, 5.41) is 0. The summed E-state index contributed by atoms with van der Waals surface area (Å²) >= 11 is 0. The van der Waals surface area contributed by atoms with E-state index in [-0.39, 0.29) is 5.82 Å². The van der Waals surface area contributed by atoms with Crippen LogP contribution >= 0.6 is 0 Å². The highest BCUT2D eigenvalue weighted by molar-refractivity contribution is 5.73. The van der Waals surface area contributed by atoms with E-state index in [1.807, 2.05) is 12.1 Å². The van der Waals surface area contributed by atoms with Crippen molar-refractivity contribution >= 4 is 0 Å². The van der Waals surface area contributed by atoms with Gasteiger partial charge in [-0.2, -0.15) is 0 Å². The fourth-order valence-corrected chi connectivity index (χ4v) is 2.27. The Labute approximate surface area is 102 Å². The first-order valence-corrected chi connectivity index (χ1v) is 5.84. The van der Waals surface area contributed by atoms with Crippen LogP contribution in [0.1, 0.15) is 22.3 Å². The summed E-state index contributed by atoms with van der Waals surface area (Å²) in [6.45, 7) is 8.49. The third-order valence-electron chi connectivity index (χ3n) is 3.50. The third-order valence-corrected chi connectivity index (χ3v) is 3.50. The van der Waals surface area contributed by atoms with Gasteiger partial charge in [0.25, 0.3) is 0 Å². The van der Waals surface area contributed by atoms with E-state index in [1.54, 1.807) is 0 Å². The van der Waals surface area contributed by atoms with Crippen molar-refractivity contribution in [1.29, 1.82) is 0 Å². The second-order valence-electron chi connectivity index (χ2n) is 4.64. The van der Waals surface area contributed by atoms with Gasteiger partial charge in [-0.05, 0) is 73.2 Å². The van der Waals surface area contributed by atoms with Gasteiger partial charge in [0.2, 0.25) is 0 Å². The number of hydrogen-bond donors (Lipinski definition) is 0. The Morgan fingerprint density at radius 3 is 1.71 bits per heavy atom.